The fourth-order valence-corrected chi connectivity index (χ4v) is 14.4. The molecule has 0 unspecified atom stereocenters. The van der Waals surface area contributed by atoms with Gasteiger partial charge in [0.1, 0.15) is 36.6 Å². The first kappa shape index (κ1) is 45.2. The third-order valence-electron chi connectivity index (χ3n) is 17.2. The van der Waals surface area contributed by atoms with Crippen LogP contribution in [0.15, 0.2) is 11.6 Å². The van der Waals surface area contributed by atoms with Gasteiger partial charge in [0.05, 0.1) is 30.1 Å². The van der Waals surface area contributed by atoms with Crippen molar-refractivity contribution in [2.45, 2.75) is 161 Å². The zero-order valence-corrected chi connectivity index (χ0v) is 35.5. The molecule has 0 bridgehead atoms. The molecular formula is C41H64O17S. The average Bonchev–Trinajstić information content (AvgIpc) is 3.16. The number of aliphatic hydroxyl groups is 6. The Morgan fingerprint density at radius 2 is 1.56 bits per heavy atom. The Kier molecular flexibility index (Phi) is 11.9. The van der Waals surface area contributed by atoms with E-state index in [2.05, 4.69) is 47.6 Å². The largest absolute Gasteiger partial charge is 0.481 e. The molecule has 4 saturated carbocycles. The Morgan fingerprint density at radius 1 is 0.864 bits per heavy atom. The third kappa shape index (κ3) is 6.85. The van der Waals surface area contributed by atoms with Crippen LogP contribution >= 0.6 is 0 Å². The van der Waals surface area contributed by atoms with Crippen molar-refractivity contribution in [1.82, 2.24) is 0 Å². The van der Waals surface area contributed by atoms with Crippen LogP contribution in [-0.4, -0.2) is 135 Å². The van der Waals surface area contributed by atoms with E-state index in [0.717, 1.165) is 5.57 Å². The molecule has 7 rings (SSSR count). The molecule has 19 atom stereocenters. The highest BCUT2D eigenvalue weighted by Crippen LogP contribution is 2.76. The number of carboxylic acids is 1. The lowest BCUT2D eigenvalue weighted by Crippen LogP contribution is -2.68. The van der Waals surface area contributed by atoms with Crippen molar-refractivity contribution in [3.05, 3.63) is 11.6 Å². The van der Waals surface area contributed by atoms with Gasteiger partial charge >= 0.3 is 22.3 Å². The Bertz CT molecular complexity index is 1770. The molecule has 5 aliphatic carbocycles. The van der Waals surface area contributed by atoms with E-state index in [1.807, 2.05) is 0 Å². The zero-order chi connectivity index (χ0) is 43.4. The Balaban J connectivity index is 1.20. The van der Waals surface area contributed by atoms with Crippen molar-refractivity contribution in [2.24, 2.45) is 56.7 Å². The standard InChI is InChI=1S/C41H64O17S/c1-19-9-14-40(36(50)57-33-31(47)30(46)29(45)23(17-42)55-33)15-16-41(35(48)49)21(27(40)20(19)2)7-8-25-38(5)12-11-26(37(3,4)24(38)10-13-39(25,41)6)56-34-32(58-59(51,52)53)28(44)22(43)18-54-34/h7,19-20,22-34,42-47H,8-18H2,1-6H3,(H,48,49)(H,51,52,53)/t19-,20+,22-,23-,24+,25-,26+,27+,28+,29-,30+,31-,32-,33+,34+,38+,39-,40+,41-/m1/s1. The average molecular weight is 861 g/mol. The molecule has 0 radical (unpaired) electrons. The maximum Gasteiger partial charge on any atom is 0.397 e. The number of allylic oxidation sites excluding steroid dienone is 1. The van der Waals surface area contributed by atoms with E-state index in [1.54, 1.807) is 0 Å². The Labute approximate surface area is 345 Å². The van der Waals surface area contributed by atoms with Crippen molar-refractivity contribution >= 4 is 22.3 Å². The molecule has 59 heavy (non-hydrogen) atoms. The number of fused-ring (bicyclic) bond motifs is 7. The number of hydrogen-bond donors (Lipinski definition) is 8. The second-order valence-electron chi connectivity index (χ2n) is 20.0. The number of ether oxygens (including phenoxy) is 4. The molecule has 336 valence electrons. The number of carboxylic acid groups (broad SMARTS) is 1. The highest BCUT2D eigenvalue weighted by atomic mass is 32.3. The number of carbonyl (C=O) groups excluding carboxylic acids is 1. The van der Waals surface area contributed by atoms with Gasteiger partial charge in [-0.15, -0.1) is 0 Å². The second kappa shape index (κ2) is 15.5. The van der Waals surface area contributed by atoms with E-state index >= 15 is 0 Å². The van der Waals surface area contributed by atoms with Crippen molar-refractivity contribution < 1.29 is 81.4 Å². The molecule has 0 aromatic carbocycles. The minimum Gasteiger partial charge on any atom is -0.481 e. The predicted octanol–water partition coefficient (Wildman–Crippen LogP) is 1.70. The second-order valence-corrected chi connectivity index (χ2v) is 21.1. The number of hydrogen-bond acceptors (Lipinski definition) is 15. The van der Waals surface area contributed by atoms with Crippen LogP contribution in [-0.2, 0) is 43.1 Å². The van der Waals surface area contributed by atoms with Gasteiger partial charge in [0.15, 0.2) is 12.4 Å². The summed E-state index contributed by atoms with van der Waals surface area (Å²) < 4.78 is 61.1. The molecule has 0 amide bonds. The number of esters is 1. The van der Waals surface area contributed by atoms with Crippen molar-refractivity contribution in [1.29, 1.82) is 0 Å². The van der Waals surface area contributed by atoms with Gasteiger partial charge in [-0.25, -0.2) is 4.18 Å². The molecule has 2 saturated heterocycles. The summed E-state index contributed by atoms with van der Waals surface area (Å²) in [4.78, 5) is 28.8. The van der Waals surface area contributed by atoms with Gasteiger partial charge in [0.2, 0.25) is 6.29 Å². The molecule has 0 aromatic heterocycles. The van der Waals surface area contributed by atoms with E-state index in [-0.39, 0.29) is 43.1 Å². The fraction of sp³-hybridized carbons (Fsp3) is 0.902. The third-order valence-corrected chi connectivity index (χ3v) is 17.6. The van der Waals surface area contributed by atoms with Gasteiger partial charge in [0, 0.05) is 0 Å². The van der Waals surface area contributed by atoms with E-state index < -0.39 is 123 Å². The molecule has 8 N–H and O–H groups in total. The maximum atomic E-state index is 14.6. The van der Waals surface area contributed by atoms with E-state index in [4.69, 9.17) is 23.1 Å². The molecule has 2 aliphatic heterocycles. The normalized spacial score (nSPS) is 50.9. The van der Waals surface area contributed by atoms with Gasteiger partial charge in [-0.2, -0.15) is 8.42 Å². The van der Waals surface area contributed by atoms with Crippen molar-refractivity contribution in [3.63, 3.8) is 0 Å². The van der Waals surface area contributed by atoms with Crippen LogP contribution in [0.2, 0.25) is 0 Å². The molecule has 18 heteroatoms. The van der Waals surface area contributed by atoms with Crippen LogP contribution in [0.5, 0.6) is 0 Å². The van der Waals surface area contributed by atoms with E-state index in [0.29, 0.717) is 44.9 Å². The molecule has 6 fully saturated rings. The Morgan fingerprint density at radius 3 is 2.20 bits per heavy atom. The Hall–Kier alpha value is -1.81. The smallest absolute Gasteiger partial charge is 0.397 e. The monoisotopic (exact) mass is 860 g/mol. The van der Waals surface area contributed by atoms with Gasteiger partial charge in [-0.05, 0) is 104 Å². The highest BCUT2D eigenvalue weighted by Gasteiger charge is 2.74. The van der Waals surface area contributed by atoms with Gasteiger partial charge < -0.3 is 54.7 Å². The number of aliphatic hydroxyl groups excluding tert-OH is 6. The summed E-state index contributed by atoms with van der Waals surface area (Å²) in [5.74, 6) is -2.19. The lowest BCUT2D eigenvalue weighted by molar-refractivity contribution is -0.304. The summed E-state index contributed by atoms with van der Waals surface area (Å²) in [7, 11) is -5.04. The first-order valence-corrected chi connectivity index (χ1v) is 22.5. The van der Waals surface area contributed by atoms with Crippen LogP contribution in [0.4, 0.5) is 0 Å². The maximum absolute atomic E-state index is 14.6. The molecule has 2 heterocycles. The number of rotatable bonds is 8. The summed E-state index contributed by atoms with van der Waals surface area (Å²) in [6.45, 7) is 11.6. The number of carbonyl (C=O) groups is 2. The zero-order valence-electron chi connectivity index (χ0n) is 34.7. The fourth-order valence-electron chi connectivity index (χ4n) is 13.9. The van der Waals surface area contributed by atoms with Crippen LogP contribution in [0.3, 0.4) is 0 Å². The quantitative estimate of drug-likeness (QED) is 0.0747. The molecule has 17 nitrogen and oxygen atoms in total. The topological polar surface area (TPSA) is 276 Å². The lowest BCUT2D eigenvalue weighted by Gasteiger charge is -2.70. The minimum absolute atomic E-state index is 0.00232. The minimum atomic E-state index is -5.04. The van der Waals surface area contributed by atoms with Gasteiger partial charge in [0.25, 0.3) is 0 Å². The van der Waals surface area contributed by atoms with Crippen molar-refractivity contribution in [3.8, 4) is 0 Å². The number of aliphatic carboxylic acids is 1. The van der Waals surface area contributed by atoms with Gasteiger partial charge in [-0.1, -0.05) is 53.2 Å². The summed E-state index contributed by atoms with van der Waals surface area (Å²) in [5.41, 5.74) is -3.46. The first-order chi connectivity index (χ1) is 27.4. The highest BCUT2D eigenvalue weighted by molar-refractivity contribution is 7.80. The lowest BCUT2D eigenvalue weighted by atomic mass is 9.33. The predicted molar refractivity (Wildman–Crippen MR) is 204 cm³/mol. The van der Waals surface area contributed by atoms with E-state index in [1.165, 1.54) is 0 Å². The summed E-state index contributed by atoms with van der Waals surface area (Å²) in [6, 6.07) is 0. The van der Waals surface area contributed by atoms with Crippen LogP contribution < -0.4 is 0 Å². The first-order valence-electron chi connectivity index (χ1n) is 21.2. The van der Waals surface area contributed by atoms with Crippen LogP contribution in [0.25, 0.3) is 0 Å². The summed E-state index contributed by atoms with van der Waals surface area (Å²) >= 11 is 0. The molecule has 0 spiro atoms. The molecule has 7 aliphatic rings. The SMILES string of the molecule is C[C@H]1[C@H](C)CC[C@]2(C(=O)O[C@@H]3O[C@H](CO)[C@@H](O)[C@H](O)[C@H]3O)CC[C@]3(C(=O)O)C(=CC[C@@H]4[C@@]5(C)CC[C@H](O[C@@H]6OC[C@@H](O)[C@H](O)[C@H]6OS(=O)(=O)O)C(C)(C)[C@@H]5CC[C@]43C)[C@H]12. The van der Waals surface area contributed by atoms with Crippen LogP contribution in [0.1, 0.15) is 99.3 Å². The molecular weight excluding hydrogens is 797 g/mol. The van der Waals surface area contributed by atoms with Crippen molar-refractivity contribution in [2.75, 3.05) is 13.2 Å². The van der Waals surface area contributed by atoms with Crippen LogP contribution in [0, 0.1) is 56.7 Å². The summed E-state index contributed by atoms with van der Waals surface area (Å²) in [6.07, 6.45) is -8.50. The molecule has 0 aromatic rings. The van der Waals surface area contributed by atoms with E-state index in [9.17, 15) is 58.3 Å². The summed E-state index contributed by atoms with van der Waals surface area (Å²) in [5, 5.41) is 73.8. The van der Waals surface area contributed by atoms with Gasteiger partial charge in [-0.3, -0.25) is 14.1 Å².